The van der Waals surface area contributed by atoms with Crippen LogP contribution < -0.4 is 0 Å². The van der Waals surface area contributed by atoms with Crippen LogP contribution in [0.15, 0.2) is 18.3 Å². The number of amides is 1. The van der Waals surface area contributed by atoms with E-state index < -0.39 is 40.9 Å². The van der Waals surface area contributed by atoms with Crippen molar-refractivity contribution in [2.75, 3.05) is 13.2 Å². The van der Waals surface area contributed by atoms with Crippen molar-refractivity contribution in [1.82, 2.24) is 14.7 Å². The van der Waals surface area contributed by atoms with Crippen molar-refractivity contribution >= 4 is 35.1 Å². The first kappa shape index (κ1) is 33.1. The molecular formula is C32H40Cl2F3N3O4. The molecule has 1 heterocycles. The van der Waals surface area contributed by atoms with E-state index >= 15 is 0 Å². The van der Waals surface area contributed by atoms with Crippen LogP contribution in [0.5, 0.6) is 0 Å². The molecule has 3 aliphatic carbocycles. The Balaban J connectivity index is 1.45. The third-order valence-electron chi connectivity index (χ3n) is 10.4. The van der Waals surface area contributed by atoms with Crippen molar-refractivity contribution < 1.29 is 32.6 Å². The fourth-order valence-corrected chi connectivity index (χ4v) is 8.51. The molecule has 0 bridgehead atoms. The van der Waals surface area contributed by atoms with E-state index in [1.54, 1.807) is 32.9 Å². The van der Waals surface area contributed by atoms with E-state index in [0.717, 1.165) is 16.4 Å². The Morgan fingerprint density at radius 2 is 1.70 bits per heavy atom. The molecule has 1 aromatic heterocycles. The van der Waals surface area contributed by atoms with Gasteiger partial charge in [-0.2, -0.15) is 18.3 Å². The first-order valence-corrected chi connectivity index (χ1v) is 16.0. The van der Waals surface area contributed by atoms with Gasteiger partial charge in [0.15, 0.2) is 5.69 Å². The number of carbonyl (C=O) groups is 2. The summed E-state index contributed by atoms with van der Waals surface area (Å²) in [6.45, 7) is 9.57. The summed E-state index contributed by atoms with van der Waals surface area (Å²) < 4.78 is 50.3. The Morgan fingerprint density at radius 1 is 1.14 bits per heavy atom. The number of hydrogen-bond donors (Lipinski definition) is 1. The number of aryl methyl sites for hydroxylation is 1. The Labute approximate surface area is 266 Å². The molecule has 0 saturated heterocycles. The number of ether oxygens (including phenoxy) is 1. The van der Waals surface area contributed by atoms with Gasteiger partial charge < -0.3 is 14.7 Å². The van der Waals surface area contributed by atoms with Gasteiger partial charge in [-0.15, -0.1) is 0 Å². The molecule has 2 aromatic rings. The Morgan fingerprint density at radius 3 is 2.23 bits per heavy atom. The molecule has 242 valence electrons. The minimum absolute atomic E-state index is 0.119. The van der Waals surface area contributed by atoms with Gasteiger partial charge in [0.25, 0.3) is 5.91 Å². The lowest BCUT2D eigenvalue weighted by Gasteiger charge is -2.36. The number of rotatable bonds is 8. The van der Waals surface area contributed by atoms with E-state index in [1.807, 2.05) is 0 Å². The lowest BCUT2D eigenvalue weighted by molar-refractivity contribution is -0.157. The lowest BCUT2D eigenvalue weighted by atomic mass is 9.74. The van der Waals surface area contributed by atoms with Crippen LogP contribution in [0.2, 0.25) is 10.0 Å². The highest BCUT2D eigenvalue weighted by atomic mass is 35.5. The van der Waals surface area contributed by atoms with Crippen LogP contribution >= 0.6 is 23.2 Å². The van der Waals surface area contributed by atoms with Crippen LogP contribution in [-0.2, 0) is 15.7 Å². The summed E-state index contributed by atoms with van der Waals surface area (Å²) in [5, 5.41) is 15.9. The standard InChI is InChI=1S/C32H40Cl2F3N3O4/c1-6-44-29(43)31(5)9-7-18(8-10-31)40-27(32(35,36)37)20(15-38-40)28(42)39(19-13-21-22(14-19)30(21,3)4)16-25(41)26-23(33)11-17(2)12-24(26)34/h11-12,15,18-19,21-22,25,41H,6-10,13-14,16H2,1-5H3/t18-,19-,21-,22+,25?,31-. The van der Waals surface area contributed by atoms with Gasteiger partial charge in [0.2, 0.25) is 0 Å². The number of nitrogens with zero attached hydrogens (tertiary/aromatic N) is 3. The van der Waals surface area contributed by atoms with Gasteiger partial charge in [-0.05, 0) is 94.2 Å². The maximum Gasteiger partial charge on any atom is 0.433 e. The molecule has 3 aliphatic rings. The zero-order chi connectivity index (χ0) is 32.4. The molecule has 0 radical (unpaired) electrons. The minimum atomic E-state index is -4.86. The van der Waals surface area contributed by atoms with Gasteiger partial charge >= 0.3 is 12.1 Å². The largest absolute Gasteiger partial charge is 0.466 e. The van der Waals surface area contributed by atoms with Crippen LogP contribution in [0.3, 0.4) is 0 Å². The second-order valence-corrected chi connectivity index (χ2v) is 14.5. The van der Waals surface area contributed by atoms with Gasteiger partial charge in [-0.1, -0.05) is 37.0 Å². The predicted molar refractivity (Wildman–Crippen MR) is 160 cm³/mol. The molecule has 3 saturated carbocycles. The summed E-state index contributed by atoms with van der Waals surface area (Å²) in [6, 6.07) is 2.30. The number of esters is 1. The summed E-state index contributed by atoms with van der Waals surface area (Å²) in [5.74, 6) is -0.482. The number of benzene rings is 1. The summed E-state index contributed by atoms with van der Waals surface area (Å²) in [4.78, 5) is 28.0. The maximum absolute atomic E-state index is 14.7. The van der Waals surface area contributed by atoms with Crippen LogP contribution in [0.25, 0.3) is 0 Å². The number of aliphatic hydroxyl groups is 1. The van der Waals surface area contributed by atoms with E-state index in [2.05, 4.69) is 18.9 Å². The van der Waals surface area contributed by atoms with E-state index in [4.69, 9.17) is 27.9 Å². The monoisotopic (exact) mass is 657 g/mol. The van der Waals surface area contributed by atoms with Gasteiger partial charge in [0.1, 0.15) is 0 Å². The molecule has 7 nitrogen and oxygen atoms in total. The molecule has 0 spiro atoms. The van der Waals surface area contributed by atoms with Crippen molar-refractivity contribution in [3.05, 3.63) is 50.8 Å². The van der Waals surface area contributed by atoms with Crippen LogP contribution in [0.4, 0.5) is 13.2 Å². The fourth-order valence-electron chi connectivity index (χ4n) is 7.66. The number of carbonyl (C=O) groups excluding carboxylic acids is 2. The molecule has 12 heteroatoms. The zero-order valence-corrected chi connectivity index (χ0v) is 27.2. The van der Waals surface area contributed by atoms with Crippen molar-refractivity contribution in [2.24, 2.45) is 22.7 Å². The number of aromatic nitrogens is 2. The van der Waals surface area contributed by atoms with Gasteiger partial charge in [-0.3, -0.25) is 14.3 Å². The van der Waals surface area contributed by atoms with Crippen molar-refractivity contribution in [2.45, 2.75) is 97.5 Å². The van der Waals surface area contributed by atoms with Crippen molar-refractivity contribution in [3.63, 3.8) is 0 Å². The van der Waals surface area contributed by atoms with E-state index in [9.17, 15) is 27.9 Å². The first-order chi connectivity index (χ1) is 20.5. The number of alkyl halides is 3. The van der Waals surface area contributed by atoms with Crippen LogP contribution in [0.1, 0.15) is 106 Å². The van der Waals surface area contributed by atoms with Crippen LogP contribution in [0, 0.1) is 29.6 Å². The Bertz CT molecular complexity index is 1400. The van der Waals surface area contributed by atoms with Crippen molar-refractivity contribution in [3.8, 4) is 0 Å². The molecule has 4 atom stereocenters. The summed E-state index contributed by atoms with van der Waals surface area (Å²) >= 11 is 12.9. The summed E-state index contributed by atoms with van der Waals surface area (Å²) in [7, 11) is 0. The Kier molecular flexibility index (Phi) is 8.88. The Hall–Kier alpha value is -2.30. The fraction of sp³-hybridized carbons (Fsp3) is 0.656. The number of fused-ring (bicyclic) bond motifs is 1. The summed E-state index contributed by atoms with van der Waals surface area (Å²) in [5.41, 5.74) is -1.30. The molecule has 5 rings (SSSR count). The van der Waals surface area contributed by atoms with Gasteiger partial charge in [0.05, 0.1) is 42.5 Å². The average molecular weight is 659 g/mol. The third-order valence-corrected chi connectivity index (χ3v) is 11.1. The molecule has 3 fully saturated rings. The van der Waals surface area contributed by atoms with E-state index in [1.165, 1.54) is 4.90 Å². The minimum Gasteiger partial charge on any atom is -0.466 e. The highest BCUT2D eigenvalue weighted by Gasteiger charge is 2.63. The van der Waals surface area contributed by atoms with E-state index in [0.29, 0.717) is 37.5 Å². The highest BCUT2D eigenvalue weighted by molar-refractivity contribution is 6.36. The van der Waals surface area contributed by atoms with Crippen molar-refractivity contribution in [1.29, 1.82) is 0 Å². The third kappa shape index (κ3) is 5.98. The predicted octanol–water partition coefficient (Wildman–Crippen LogP) is 7.81. The molecule has 1 aromatic carbocycles. The topological polar surface area (TPSA) is 84.7 Å². The normalized spacial score (nSPS) is 28.3. The molecule has 1 N–H and O–H groups in total. The second kappa shape index (κ2) is 11.8. The number of hydrogen-bond acceptors (Lipinski definition) is 5. The highest BCUT2D eigenvalue weighted by Crippen LogP contribution is 2.67. The smallest absolute Gasteiger partial charge is 0.433 e. The van der Waals surface area contributed by atoms with Gasteiger partial charge in [-0.25, -0.2) is 0 Å². The van der Waals surface area contributed by atoms with Crippen LogP contribution in [-0.4, -0.2) is 50.9 Å². The molecule has 44 heavy (non-hydrogen) atoms. The molecular weight excluding hydrogens is 618 g/mol. The number of halogens is 5. The van der Waals surface area contributed by atoms with Gasteiger partial charge in [0, 0.05) is 21.7 Å². The lowest BCUT2D eigenvalue weighted by Crippen LogP contribution is -2.43. The molecule has 1 amide bonds. The zero-order valence-electron chi connectivity index (χ0n) is 25.7. The second-order valence-electron chi connectivity index (χ2n) is 13.6. The summed E-state index contributed by atoms with van der Waals surface area (Å²) in [6.07, 6.45) is -2.67. The molecule has 1 unspecified atom stereocenters. The quantitative estimate of drug-likeness (QED) is 0.293. The van der Waals surface area contributed by atoms with E-state index in [-0.39, 0.29) is 59.0 Å². The molecule has 0 aliphatic heterocycles. The SMILES string of the molecule is CCOC(=O)[C@]1(C)CC[C@@H](n2ncc(C(=O)N(CC(O)c3c(Cl)cc(C)cc3Cl)[C@@H]3C[C@@H]4[C@H](C3)C4(C)C)c2C(F)(F)F)CC1. The number of aliphatic hydroxyl groups excluding tert-OH is 1. The average Bonchev–Trinajstić information content (AvgIpc) is 3.35. The maximum atomic E-state index is 14.7. The first-order valence-electron chi connectivity index (χ1n) is 15.3.